The van der Waals surface area contributed by atoms with Crippen molar-refractivity contribution in [2.45, 2.75) is 53.2 Å². The molecule has 36 heavy (non-hydrogen) atoms. The van der Waals surface area contributed by atoms with Crippen LogP contribution in [0, 0.1) is 5.82 Å². The first-order valence-electron chi connectivity index (χ1n) is 12.2. The van der Waals surface area contributed by atoms with Crippen LogP contribution in [0.3, 0.4) is 0 Å². The normalized spacial score (nSPS) is 19.3. The molecule has 7 nitrogen and oxygen atoms in total. The van der Waals surface area contributed by atoms with E-state index >= 15 is 4.39 Å². The highest BCUT2D eigenvalue weighted by molar-refractivity contribution is 5.98. The third-order valence-electron chi connectivity index (χ3n) is 5.83. The Kier molecular flexibility index (Phi) is 9.55. The van der Waals surface area contributed by atoms with Crippen LogP contribution in [0.5, 0.6) is 5.75 Å². The molecule has 0 aliphatic carbocycles. The van der Waals surface area contributed by atoms with E-state index in [0.717, 1.165) is 0 Å². The number of hydrogen-bond donors (Lipinski definition) is 2. The maximum absolute atomic E-state index is 15.1. The van der Waals surface area contributed by atoms with Crippen molar-refractivity contribution in [1.29, 1.82) is 0 Å². The number of anilines is 1. The van der Waals surface area contributed by atoms with E-state index in [4.69, 9.17) is 9.57 Å². The Morgan fingerprint density at radius 1 is 1.28 bits per heavy atom. The summed E-state index contributed by atoms with van der Waals surface area (Å²) >= 11 is 0. The van der Waals surface area contributed by atoms with Gasteiger partial charge in [-0.15, -0.1) is 0 Å². The molecular formula is C27H33F2N3O4. The van der Waals surface area contributed by atoms with Gasteiger partial charge in [-0.25, -0.2) is 8.78 Å². The van der Waals surface area contributed by atoms with Crippen molar-refractivity contribution in [3.05, 3.63) is 70.4 Å². The molecule has 2 N–H and O–H groups in total. The van der Waals surface area contributed by atoms with Crippen molar-refractivity contribution in [1.82, 2.24) is 10.4 Å². The number of likely N-dealkylation sites (N-methyl/N-ethyl adjacent to an activating group) is 1. The van der Waals surface area contributed by atoms with E-state index in [0.29, 0.717) is 54.0 Å². The number of allylic oxidation sites excluding steroid dienone is 3. The van der Waals surface area contributed by atoms with Crippen molar-refractivity contribution >= 4 is 17.5 Å². The summed E-state index contributed by atoms with van der Waals surface area (Å²) in [5.74, 6) is -1.26. The third-order valence-corrected chi connectivity index (χ3v) is 5.83. The van der Waals surface area contributed by atoms with Gasteiger partial charge in [0.05, 0.1) is 13.2 Å². The number of ether oxygens (including phenoxy) is 1. The molecule has 0 aromatic heterocycles. The van der Waals surface area contributed by atoms with Crippen LogP contribution in [0.2, 0.25) is 0 Å². The monoisotopic (exact) mass is 501 g/mol. The molecule has 9 heteroatoms. The van der Waals surface area contributed by atoms with Gasteiger partial charge in [-0.05, 0) is 44.4 Å². The molecule has 1 aromatic carbocycles. The van der Waals surface area contributed by atoms with Gasteiger partial charge in [0.15, 0.2) is 11.9 Å². The van der Waals surface area contributed by atoms with Gasteiger partial charge < -0.3 is 15.4 Å². The van der Waals surface area contributed by atoms with Gasteiger partial charge in [-0.2, -0.15) is 5.06 Å². The van der Waals surface area contributed by atoms with Gasteiger partial charge in [0, 0.05) is 29.8 Å². The van der Waals surface area contributed by atoms with E-state index < -0.39 is 17.7 Å². The summed E-state index contributed by atoms with van der Waals surface area (Å²) < 4.78 is 35.1. The van der Waals surface area contributed by atoms with Gasteiger partial charge in [0.2, 0.25) is 0 Å². The summed E-state index contributed by atoms with van der Waals surface area (Å²) in [6, 6.07) is 3.24. The number of carbonyl (C=O) groups excluding carboxylic acids is 2. The molecule has 2 heterocycles. The minimum absolute atomic E-state index is 0.0295. The van der Waals surface area contributed by atoms with E-state index in [1.807, 2.05) is 26.8 Å². The lowest BCUT2D eigenvalue weighted by Gasteiger charge is -2.28. The largest absolute Gasteiger partial charge is 0.478 e. The van der Waals surface area contributed by atoms with Crippen LogP contribution in [-0.4, -0.2) is 42.7 Å². The number of hydroxylamine groups is 2. The number of carbonyl (C=O) groups is 2. The summed E-state index contributed by atoms with van der Waals surface area (Å²) in [4.78, 5) is 30.1. The van der Waals surface area contributed by atoms with Crippen LogP contribution >= 0.6 is 0 Å². The van der Waals surface area contributed by atoms with E-state index in [1.165, 1.54) is 6.92 Å². The molecule has 1 unspecified atom stereocenters. The maximum Gasteiger partial charge on any atom is 0.265 e. The first kappa shape index (κ1) is 27.3. The third kappa shape index (κ3) is 6.47. The molecule has 0 saturated carbocycles. The van der Waals surface area contributed by atoms with Crippen LogP contribution in [0.4, 0.5) is 14.5 Å². The zero-order valence-electron chi connectivity index (χ0n) is 21.1. The highest BCUT2D eigenvalue weighted by atomic mass is 19.1. The van der Waals surface area contributed by atoms with Crippen LogP contribution in [0.25, 0.3) is 0 Å². The zero-order valence-corrected chi connectivity index (χ0v) is 21.1. The van der Waals surface area contributed by atoms with Gasteiger partial charge in [0.25, 0.3) is 11.8 Å². The molecule has 0 saturated heterocycles. The van der Waals surface area contributed by atoms with Gasteiger partial charge >= 0.3 is 0 Å². The zero-order chi connectivity index (χ0) is 26.2. The fraction of sp³-hybridized carbons (Fsp3) is 0.407. The summed E-state index contributed by atoms with van der Waals surface area (Å²) in [6.45, 7) is 7.93. The molecule has 3 rings (SSSR count). The first-order valence-corrected chi connectivity index (χ1v) is 12.2. The highest BCUT2D eigenvalue weighted by Gasteiger charge is 2.29. The van der Waals surface area contributed by atoms with Crippen LogP contribution in [0.15, 0.2) is 59.0 Å². The minimum atomic E-state index is -0.637. The molecule has 1 atom stereocenters. The SMILES string of the molecule is CC/C=C(/C=C\C(C1=CCN(Cc2ccc3c(c2F)NC(=O)C(CC)O3)OC1)=C(/C)F)C(=O)NCC. The molecular weight excluding hydrogens is 468 g/mol. The molecule has 0 fully saturated rings. The number of halogens is 2. The smallest absolute Gasteiger partial charge is 0.265 e. The number of fused-ring (bicyclic) bond motifs is 1. The Hall–Kier alpha value is -3.30. The predicted octanol–water partition coefficient (Wildman–Crippen LogP) is 4.88. The van der Waals surface area contributed by atoms with Gasteiger partial charge in [-0.3, -0.25) is 14.4 Å². The topological polar surface area (TPSA) is 79.9 Å². The molecule has 0 radical (unpaired) electrons. The summed E-state index contributed by atoms with van der Waals surface area (Å²) in [5.41, 5.74) is 1.79. The summed E-state index contributed by atoms with van der Waals surface area (Å²) in [7, 11) is 0. The predicted molar refractivity (Wildman–Crippen MR) is 134 cm³/mol. The number of nitrogens with zero attached hydrogens (tertiary/aromatic N) is 1. The Bertz CT molecular complexity index is 1120. The average molecular weight is 502 g/mol. The molecule has 2 amide bonds. The average Bonchev–Trinajstić information content (AvgIpc) is 2.86. The second kappa shape index (κ2) is 12.6. The second-order valence-electron chi connectivity index (χ2n) is 8.45. The standard InChI is InChI=1S/C27H33F2N3O4/c1-5-8-18(26(33)30-7-3)9-11-21(17(4)28)20-13-14-32(35-16-20)15-19-10-12-23-25(24(19)29)31-27(34)22(6-2)36-23/h8-13,22H,5-7,14-16H2,1-4H3,(H,30,33)(H,31,34)/b11-9-,18-8-,21-17-. The van der Waals surface area contributed by atoms with Crippen LogP contribution < -0.4 is 15.4 Å². The maximum atomic E-state index is 15.1. The number of nitrogens with one attached hydrogen (secondary N) is 2. The quantitative estimate of drug-likeness (QED) is 0.372. The van der Waals surface area contributed by atoms with Crippen molar-refractivity contribution in [3.63, 3.8) is 0 Å². The fourth-order valence-electron chi connectivity index (χ4n) is 3.93. The Balaban J connectivity index is 1.71. The molecule has 194 valence electrons. The van der Waals surface area contributed by atoms with Crippen molar-refractivity contribution in [3.8, 4) is 5.75 Å². The first-order chi connectivity index (χ1) is 17.3. The highest BCUT2D eigenvalue weighted by Crippen LogP contribution is 2.35. The Labute approximate surface area is 210 Å². The molecule has 0 spiro atoms. The summed E-state index contributed by atoms with van der Waals surface area (Å²) in [6.07, 6.45) is 7.28. The Morgan fingerprint density at radius 3 is 2.67 bits per heavy atom. The number of benzene rings is 1. The lowest BCUT2D eigenvalue weighted by molar-refractivity contribution is -0.157. The lowest BCUT2D eigenvalue weighted by atomic mass is 10.0. The number of hydrogen-bond acceptors (Lipinski definition) is 5. The van der Waals surface area contributed by atoms with Crippen LogP contribution in [-0.2, 0) is 21.0 Å². The number of rotatable bonds is 9. The van der Waals surface area contributed by atoms with Gasteiger partial charge in [-0.1, -0.05) is 38.1 Å². The number of amides is 2. The van der Waals surface area contributed by atoms with Crippen LogP contribution in [0.1, 0.15) is 46.1 Å². The molecule has 2 aliphatic heterocycles. The second-order valence-corrected chi connectivity index (χ2v) is 8.45. The lowest BCUT2D eigenvalue weighted by Crippen LogP contribution is -2.37. The minimum Gasteiger partial charge on any atom is -0.478 e. The van der Waals surface area contributed by atoms with E-state index in [1.54, 1.807) is 35.4 Å². The van der Waals surface area contributed by atoms with E-state index in [-0.39, 0.29) is 30.7 Å². The Morgan fingerprint density at radius 2 is 2.06 bits per heavy atom. The molecule has 0 bridgehead atoms. The van der Waals surface area contributed by atoms with E-state index in [9.17, 15) is 14.0 Å². The van der Waals surface area contributed by atoms with Crippen molar-refractivity contribution in [2.75, 3.05) is 25.0 Å². The fourth-order valence-corrected chi connectivity index (χ4v) is 3.93. The molecule has 2 aliphatic rings. The summed E-state index contributed by atoms with van der Waals surface area (Å²) in [5, 5.41) is 6.89. The van der Waals surface area contributed by atoms with E-state index in [2.05, 4.69) is 10.6 Å². The molecule has 1 aromatic rings. The van der Waals surface area contributed by atoms with Crippen molar-refractivity contribution < 1.29 is 27.9 Å². The van der Waals surface area contributed by atoms with Gasteiger partial charge in [0.1, 0.15) is 17.3 Å². The van der Waals surface area contributed by atoms with Crippen molar-refractivity contribution in [2.24, 2.45) is 0 Å².